The molecule has 1 saturated carbocycles. The van der Waals surface area contributed by atoms with E-state index in [0.29, 0.717) is 5.92 Å². The van der Waals surface area contributed by atoms with Gasteiger partial charge in [0.05, 0.1) is 13.0 Å². The molecule has 0 amide bonds. The lowest BCUT2D eigenvalue weighted by atomic mass is 10.1. The van der Waals surface area contributed by atoms with Gasteiger partial charge in [-0.3, -0.25) is 4.79 Å². The molecular weight excluding hydrogens is 152 g/mol. The SMILES string of the molecule is C/C=C/C1C(C(=O)OC)C1(C)C. The minimum absolute atomic E-state index is 0.0682. The molecule has 68 valence electrons. The van der Waals surface area contributed by atoms with Gasteiger partial charge in [0.15, 0.2) is 0 Å². The molecule has 0 aromatic rings. The Morgan fingerprint density at radius 2 is 2.08 bits per heavy atom. The minimum atomic E-state index is -0.0805. The highest BCUT2D eigenvalue weighted by atomic mass is 16.5. The molecular formula is C10H16O2. The Bertz CT molecular complexity index is 216. The molecule has 12 heavy (non-hydrogen) atoms. The van der Waals surface area contributed by atoms with Gasteiger partial charge in [0, 0.05) is 0 Å². The van der Waals surface area contributed by atoms with Crippen molar-refractivity contribution in [3.8, 4) is 0 Å². The van der Waals surface area contributed by atoms with Crippen LogP contribution in [0.2, 0.25) is 0 Å². The minimum Gasteiger partial charge on any atom is -0.469 e. The maximum atomic E-state index is 11.2. The third kappa shape index (κ3) is 1.26. The lowest BCUT2D eigenvalue weighted by molar-refractivity contribution is -0.143. The van der Waals surface area contributed by atoms with Gasteiger partial charge in [-0.15, -0.1) is 0 Å². The number of carbonyl (C=O) groups is 1. The molecule has 1 aliphatic rings. The highest BCUT2D eigenvalue weighted by Crippen LogP contribution is 2.59. The van der Waals surface area contributed by atoms with E-state index in [-0.39, 0.29) is 17.3 Å². The first-order valence-electron chi connectivity index (χ1n) is 4.26. The molecule has 2 heteroatoms. The van der Waals surface area contributed by atoms with Crippen molar-refractivity contribution in [1.82, 2.24) is 0 Å². The molecule has 0 heterocycles. The number of carbonyl (C=O) groups excluding carboxylic acids is 1. The highest BCUT2D eigenvalue weighted by molar-refractivity contribution is 5.78. The predicted octanol–water partition coefficient (Wildman–Crippen LogP) is 2.01. The third-order valence-electron chi connectivity index (χ3n) is 2.77. The Kier molecular flexibility index (Phi) is 2.27. The standard InChI is InChI=1S/C10H16O2/c1-5-6-7-8(9(11)12-4)10(7,2)3/h5-8H,1-4H3/b6-5+. The van der Waals surface area contributed by atoms with Crippen LogP contribution in [-0.4, -0.2) is 13.1 Å². The molecule has 0 spiro atoms. The average molecular weight is 168 g/mol. The summed E-state index contributed by atoms with van der Waals surface area (Å²) in [6, 6.07) is 0. The van der Waals surface area contributed by atoms with Gasteiger partial charge in [-0.1, -0.05) is 26.0 Å². The Morgan fingerprint density at radius 3 is 2.50 bits per heavy atom. The molecule has 1 fully saturated rings. The normalized spacial score (nSPS) is 32.0. The summed E-state index contributed by atoms with van der Waals surface area (Å²) in [5, 5.41) is 0. The van der Waals surface area contributed by atoms with Crippen molar-refractivity contribution >= 4 is 5.97 Å². The van der Waals surface area contributed by atoms with Gasteiger partial charge in [0.25, 0.3) is 0 Å². The van der Waals surface area contributed by atoms with Crippen molar-refractivity contribution in [2.24, 2.45) is 17.3 Å². The Labute approximate surface area is 73.6 Å². The van der Waals surface area contributed by atoms with Crippen LogP contribution >= 0.6 is 0 Å². The van der Waals surface area contributed by atoms with E-state index in [1.165, 1.54) is 7.11 Å². The molecule has 0 aliphatic heterocycles. The monoisotopic (exact) mass is 168 g/mol. The maximum absolute atomic E-state index is 11.2. The molecule has 0 bridgehead atoms. The van der Waals surface area contributed by atoms with Crippen LogP contribution in [0.15, 0.2) is 12.2 Å². The van der Waals surface area contributed by atoms with Gasteiger partial charge in [0.1, 0.15) is 0 Å². The van der Waals surface area contributed by atoms with E-state index in [0.717, 1.165) is 0 Å². The zero-order chi connectivity index (χ0) is 9.35. The van der Waals surface area contributed by atoms with Gasteiger partial charge < -0.3 is 4.74 Å². The molecule has 1 rings (SSSR count). The number of rotatable bonds is 2. The molecule has 2 atom stereocenters. The summed E-state index contributed by atoms with van der Waals surface area (Å²) < 4.78 is 4.71. The first-order valence-corrected chi connectivity index (χ1v) is 4.26. The van der Waals surface area contributed by atoms with Crippen LogP contribution < -0.4 is 0 Å². The average Bonchev–Trinajstić information content (AvgIpc) is 2.53. The fraction of sp³-hybridized carbons (Fsp3) is 0.700. The van der Waals surface area contributed by atoms with E-state index < -0.39 is 0 Å². The van der Waals surface area contributed by atoms with Crippen LogP contribution in [-0.2, 0) is 9.53 Å². The van der Waals surface area contributed by atoms with Crippen molar-refractivity contribution in [2.75, 3.05) is 7.11 Å². The third-order valence-corrected chi connectivity index (χ3v) is 2.77. The summed E-state index contributed by atoms with van der Waals surface area (Å²) >= 11 is 0. The van der Waals surface area contributed by atoms with Crippen molar-refractivity contribution in [3.63, 3.8) is 0 Å². The number of methoxy groups -OCH3 is 1. The second-order valence-corrected chi connectivity index (χ2v) is 3.87. The van der Waals surface area contributed by atoms with Crippen LogP contribution in [0.5, 0.6) is 0 Å². The van der Waals surface area contributed by atoms with E-state index in [9.17, 15) is 4.79 Å². The molecule has 0 aromatic carbocycles. The number of allylic oxidation sites excluding steroid dienone is 2. The summed E-state index contributed by atoms with van der Waals surface area (Å²) in [5.74, 6) is 0.358. The van der Waals surface area contributed by atoms with Gasteiger partial charge >= 0.3 is 5.97 Å². The Hall–Kier alpha value is -0.790. The van der Waals surface area contributed by atoms with Crippen LogP contribution in [0.4, 0.5) is 0 Å². The smallest absolute Gasteiger partial charge is 0.309 e. The number of hydrogen-bond acceptors (Lipinski definition) is 2. The Morgan fingerprint density at radius 1 is 1.50 bits per heavy atom. The molecule has 0 aromatic heterocycles. The molecule has 1 aliphatic carbocycles. The zero-order valence-corrected chi connectivity index (χ0v) is 8.13. The summed E-state index contributed by atoms with van der Waals surface area (Å²) in [5.41, 5.74) is 0.0968. The van der Waals surface area contributed by atoms with Crippen LogP contribution in [0.3, 0.4) is 0 Å². The number of ether oxygens (including phenoxy) is 1. The van der Waals surface area contributed by atoms with Crippen LogP contribution in [0.1, 0.15) is 20.8 Å². The first-order chi connectivity index (χ1) is 5.55. The van der Waals surface area contributed by atoms with Gasteiger partial charge in [-0.05, 0) is 18.3 Å². The lowest BCUT2D eigenvalue weighted by Gasteiger charge is -1.98. The van der Waals surface area contributed by atoms with Crippen molar-refractivity contribution in [3.05, 3.63) is 12.2 Å². The van der Waals surface area contributed by atoms with Crippen molar-refractivity contribution < 1.29 is 9.53 Å². The fourth-order valence-corrected chi connectivity index (χ4v) is 1.82. The van der Waals surface area contributed by atoms with Crippen molar-refractivity contribution in [1.29, 1.82) is 0 Å². The largest absolute Gasteiger partial charge is 0.469 e. The van der Waals surface area contributed by atoms with Crippen molar-refractivity contribution in [2.45, 2.75) is 20.8 Å². The first kappa shape index (κ1) is 9.30. The van der Waals surface area contributed by atoms with E-state index >= 15 is 0 Å². The second kappa shape index (κ2) is 2.92. The van der Waals surface area contributed by atoms with E-state index in [1.54, 1.807) is 0 Å². The van der Waals surface area contributed by atoms with E-state index in [4.69, 9.17) is 4.74 Å². The molecule has 0 saturated heterocycles. The highest BCUT2D eigenvalue weighted by Gasteiger charge is 2.60. The summed E-state index contributed by atoms with van der Waals surface area (Å²) in [7, 11) is 1.45. The van der Waals surface area contributed by atoms with Crippen LogP contribution in [0.25, 0.3) is 0 Å². The molecule has 0 N–H and O–H groups in total. The van der Waals surface area contributed by atoms with E-state index in [1.807, 2.05) is 13.0 Å². The second-order valence-electron chi connectivity index (χ2n) is 3.87. The summed E-state index contributed by atoms with van der Waals surface area (Å²) in [4.78, 5) is 11.2. The fourth-order valence-electron chi connectivity index (χ4n) is 1.82. The van der Waals surface area contributed by atoms with E-state index in [2.05, 4.69) is 19.9 Å². The molecule has 0 radical (unpaired) electrons. The predicted molar refractivity (Wildman–Crippen MR) is 47.6 cm³/mol. The topological polar surface area (TPSA) is 26.3 Å². The molecule has 2 nitrogen and oxygen atoms in total. The number of hydrogen-bond donors (Lipinski definition) is 0. The summed E-state index contributed by atoms with van der Waals surface area (Å²) in [6.07, 6.45) is 4.08. The van der Waals surface area contributed by atoms with Crippen LogP contribution in [0, 0.1) is 17.3 Å². The summed E-state index contributed by atoms with van der Waals surface area (Å²) in [6.45, 7) is 6.17. The Balaban J connectivity index is 2.66. The molecule has 2 unspecified atom stereocenters. The quantitative estimate of drug-likeness (QED) is 0.465. The number of esters is 1. The zero-order valence-electron chi connectivity index (χ0n) is 8.13. The van der Waals surface area contributed by atoms with Gasteiger partial charge in [0.2, 0.25) is 0 Å². The lowest BCUT2D eigenvalue weighted by Crippen LogP contribution is -2.07. The maximum Gasteiger partial charge on any atom is 0.309 e. The van der Waals surface area contributed by atoms with Gasteiger partial charge in [-0.2, -0.15) is 0 Å². The van der Waals surface area contributed by atoms with Gasteiger partial charge in [-0.25, -0.2) is 0 Å².